The lowest BCUT2D eigenvalue weighted by Crippen LogP contribution is -2.42. The zero-order chi connectivity index (χ0) is 16.4. The predicted octanol–water partition coefficient (Wildman–Crippen LogP) is 3.94. The van der Waals surface area contributed by atoms with E-state index in [-0.39, 0.29) is 12.5 Å². The number of aromatic amines is 1. The van der Waals surface area contributed by atoms with E-state index in [1.807, 2.05) is 19.2 Å². The summed E-state index contributed by atoms with van der Waals surface area (Å²) in [6, 6.07) is 3.59. The Labute approximate surface area is 141 Å². The number of aliphatic hydroxyl groups is 1. The van der Waals surface area contributed by atoms with E-state index >= 15 is 0 Å². The van der Waals surface area contributed by atoms with Crippen LogP contribution in [0, 0.1) is 6.92 Å². The zero-order valence-electron chi connectivity index (χ0n) is 13.4. The van der Waals surface area contributed by atoms with E-state index in [0.29, 0.717) is 10.6 Å². The van der Waals surface area contributed by atoms with Gasteiger partial charge in [0.2, 0.25) is 0 Å². The average Bonchev–Trinajstić information content (AvgIpc) is 2.77. The van der Waals surface area contributed by atoms with Crippen LogP contribution < -0.4 is 5.32 Å². The number of hydrogen-bond donors (Lipinski definition) is 3. The van der Waals surface area contributed by atoms with Crippen molar-refractivity contribution in [2.45, 2.75) is 51.0 Å². The number of H-pyrrole nitrogens is 1. The van der Waals surface area contributed by atoms with E-state index in [1.165, 1.54) is 0 Å². The van der Waals surface area contributed by atoms with Crippen LogP contribution in [-0.2, 0) is 0 Å². The van der Waals surface area contributed by atoms with Crippen LogP contribution in [0.25, 0.3) is 10.9 Å². The van der Waals surface area contributed by atoms with Crippen LogP contribution in [0.5, 0.6) is 0 Å². The van der Waals surface area contributed by atoms with Crippen LogP contribution >= 0.6 is 11.6 Å². The highest BCUT2D eigenvalue weighted by Crippen LogP contribution is 2.30. The number of carbonyl (C=O) groups is 1. The molecule has 1 aromatic heterocycles. The van der Waals surface area contributed by atoms with Crippen molar-refractivity contribution in [1.29, 1.82) is 0 Å². The Morgan fingerprint density at radius 1 is 1.30 bits per heavy atom. The van der Waals surface area contributed by atoms with Gasteiger partial charge in [0.05, 0.1) is 16.2 Å². The van der Waals surface area contributed by atoms with E-state index in [2.05, 4.69) is 10.3 Å². The van der Waals surface area contributed by atoms with Gasteiger partial charge in [0, 0.05) is 23.6 Å². The molecule has 4 nitrogen and oxygen atoms in total. The maximum absolute atomic E-state index is 12.5. The van der Waals surface area contributed by atoms with Crippen molar-refractivity contribution >= 4 is 28.4 Å². The first-order valence-corrected chi connectivity index (χ1v) is 8.65. The Balaban J connectivity index is 1.75. The standard InChI is InChI=1S/C18H23ClN2O2/c1-12-10-20-14-7-6-13(16(19)15(12)14)17(22)21-11-18(23)8-4-2-3-5-9-18/h6-7,10,20,23H,2-5,8-9,11H2,1H3,(H,21,22). The number of nitrogens with one attached hydrogen (secondary N) is 2. The van der Waals surface area contributed by atoms with Crippen molar-refractivity contribution in [1.82, 2.24) is 10.3 Å². The van der Waals surface area contributed by atoms with Crippen LogP contribution in [0.1, 0.15) is 54.4 Å². The molecular formula is C18H23ClN2O2. The molecule has 1 aliphatic carbocycles. The van der Waals surface area contributed by atoms with Gasteiger partial charge in [0.25, 0.3) is 5.91 Å². The molecule has 3 rings (SSSR count). The molecule has 23 heavy (non-hydrogen) atoms. The van der Waals surface area contributed by atoms with E-state index < -0.39 is 5.60 Å². The zero-order valence-corrected chi connectivity index (χ0v) is 14.2. The van der Waals surface area contributed by atoms with Crippen molar-refractivity contribution < 1.29 is 9.90 Å². The lowest BCUT2D eigenvalue weighted by atomic mass is 9.94. The fourth-order valence-corrected chi connectivity index (χ4v) is 3.82. The van der Waals surface area contributed by atoms with Crippen LogP contribution in [0.15, 0.2) is 18.3 Å². The highest BCUT2D eigenvalue weighted by atomic mass is 35.5. The Morgan fingerprint density at radius 2 is 2.00 bits per heavy atom. The summed E-state index contributed by atoms with van der Waals surface area (Å²) in [5.74, 6) is -0.227. The summed E-state index contributed by atoms with van der Waals surface area (Å²) in [6.07, 6.45) is 7.72. The van der Waals surface area contributed by atoms with E-state index in [1.54, 1.807) is 6.07 Å². The van der Waals surface area contributed by atoms with Gasteiger partial charge in [-0.2, -0.15) is 0 Å². The molecule has 0 spiro atoms. The maximum atomic E-state index is 12.5. The van der Waals surface area contributed by atoms with Crippen molar-refractivity contribution in [3.8, 4) is 0 Å². The third-order valence-electron chi connectivity index (χ3n) is 4.84. The lowest BCUT2D eigenvalue weighted by Gasteiger charge is -2.26. The fourth-order valence-electron chi connectivity index (χ4n) is 3.42. The first-order valence-electron chi connectivity index (χ1n) is 8.27. The van der Waals surface area contributed by atoms with Crippen molar-refractivity contribution in [2.75, 3.05) is 6.54 Å². The van der Waals surface area contributed by atoms with Crippen LogP contribution in [-0.4, -0.2) is 28.1 Å². The second kappa shape index (κ2) is 6.54. The number of halogens is 1. The molecular weight excluding hydrogens is 312 g/mol. The second-order valence-corrected chi connectivity index (χ2v) is 7.02. The van der Waals surface area contributed by atoms with Gasteiger partial charge in [0.1, 0.15) is 0 Å². The number of fused-ring (bicyclic) bond motifs is 1. The number of rotatable bonds is 3. The highest BCUT2D eigenvalue weighted by molar-refractivity contribution is 6.38. The number of benzene rings is 1. The minimum absolute atomic E-state index is 0.227. The third-order valence-corrected chi connectivity index (χ3v) is 5.23. The van der Waals surface area contributed by atoms with Gasteiger partial charge in [0.15, 0.2) is 0 Å². The third kappa shape index (κ3) is 3.38. The van der Waals surface area contributed by atoms with Crippen LogP contribution in [0.2, 0.25) is 5.02 Å². The molecule has 0 bridgehead atoms. The predicted molar refractivity (Wildman–Crippen MR) is 93.0 cm³/mol. The number of aromatic nitrogens is 1. The largest absolute Gasteiger partial charge is 0.388 e. The Bertz CT molecular complexity index is 715. The lowest BCUT2D eigenvalue weighted by molar-refractivity contribution is 0.0246. The molecule has 1 saturated carbocycles. The Morgan fingerprint density at radius 3 is 2.70 bits per heavy atom. The molecule has 0 aliphatic heterocycles. The molecule has 0 radical (unpaired) electrons. The summed E-state index contributed by atoms with van der Waals surface area (Å²) in [4.78, 5) is 15.6. The summed E-state index contributed by atoms with van der Waals surface area (Å²) >= 11 is 6.42. The summed E-state index contributed by atoms with van der Waals surface area (Å²) in [7, 11) is 0. The second-order valence-electron chi connectivity index (χ2n) is 6.64. The van der Waals surface area contributed by atoms with Crippen LogP contribution in [0.3, 0.4) is 0 Å². The summed E-state index contributed by atoms with van der Waals surface area (Å²) in [5, 5.41) is 14.9. The van der Waals surface area contributed by atoms with Gasteiger partial charge in [-0.25, -0.2) is 0 Å². The van der Waals surface area contributed by atoms with Crippen molar-refractivity contribution in [3.63, 3.8) is 0 Å². The Hall–Kier alpha value is -1.52. The normalized spacial score (nSPS) is 17.9. The molecule has 0 saturated heterocycles. The first-order chi connectivity index (χ1) is 11.0. The van der Waals surface area contributed by atoms with Gasteiger partial charge in [-0.3, -0.25) is 4.79 Å². The van der Waals surface area contributed by atoms with Crippen molar-refractivity contribution in [3.05, 3.63) is 34.5 Å². The molecule has 1 aliphatic rings. The van der Waals surface area contributed by atoms with Crippen LogP contribution in [0.4, 0.5) is 0 Å². The van der Waals surface area contributed by atoms with E-state index in [9.17, 15) is 9.90 Å². The van der Waals surface area contributed by atoms with Crippen molar-refractivity contribution in [2.24, 2.45) is 0 Å². The molecule has 1 aromatic carbocycles. The first kappa shape index (κ1) is 16.3. The minimum Gasteiger partial charge on any atom is -0.388 e. The molecule has 0 atom stereocenters. The van der Waals surface area contributed by atoms with E-state index in [4.69, 9.17) is 11.6 Å². The average molecular weight is 335 g/mol. The van der Waals surface area contributed by atoms with Gasteiger partial charge in [-0.15, -0.1) is 0 Å². The SMILES string of the molecule is Cc1c[nH]c2ccc(C(=O)NCC3(O)CCCCCC3)c(Cl)c12. The van der Waals surface area contributed by atoms with Gasteiger partial charge >= 0.3 is 0 Å². The number of carbonyl (C=O) groups excluding carboxylic acids is 1. The highest BCUT2D eigenvalue weighted by Gasteiger charge is 2.28. The quantitative estimate of drug-likeness (QED) is 0.744. The van der Waals surface area contributed by atoms with Gasteiger partial charge < -0.3 is 15.4 Å². The molecule has 124 valence electrons. The molecule has 1 heterocycles. The Kier molecular flexibility index (Phi) is 4.64. The van der Waals surface area contributed by atoms with Gasteiger partial charge in [-0.05, 0) is 37.5 Å². The molecule has 2 aromatic rings. The smallest absolute Gasteiger partial charge is 0.252 e. The number of aryl methyl sites for hydroxylation is 1. The number of hydrogen-bond acceptors (Lipinski definition) is 2. The molecule has 0 unspecified atom stereocenters. The summed E-state index contributed by atoms with van der Waals surface area (Å²) in [6.45, 7) is 2.24. The summed E-state index contributed by atoms with van der Waals surface area (Å²) < 4.78 is 0. The fraction of sp³-hybridized carbons (Fsp3) is 0.500. The molecule has 5 heteroatoms. The van der Waals surface area contributed by atoms with E-state index in [0.717, 1.165) is 55.0 Å². The monoisotopic (exact) mass is 334 g/mol. The number of amides is 1. The maximum Gasteiger partial charge on any atom is 0.252 e. The molecule has 1 fully saturated rings. The molecule has 1 amide bonds. The topological polar surface area (TPSA) is 65.1 Å². The molecule has 3 N–H and O–H groups in total. The summed E-state index contributed by atoms with van der Waals surface area (Å²) in [5.41, 5.74) is 1.61. The van der Waals surface area contributed by atoms with Gasteiger partial charge in [-0.1, -0.05) is 37.3 Å². The minimum atomic E-state index is -0.785.